The third kappa shape index (κ3) is 9.89. The van der Waals surface area contributed by atoms with E-state index in [1.54, 1.807) is 24.3 Å². The summed E-state index contributed by atoms with van der Waals surface area (Å²) in [7, 11) is 0. The molecule has 2 heterocycles. The lowest BCUT2D eigenvalue weighted by atomic mass is 9.90. The Bertz CT molecular complexity index is 4720. The van der Waals surface area contributed by atoms with Crippen molar-refractivity contribution in [1.82, 2.24) is 9.13 Å². The molecule has 0 bridgehead atoms. The Morgan fingerprint density at radius 3 is 1.02 bits per heavy atom. The summed E-state index contributed by atoms with van der Waals surface area (Å²) in [6, 6.07) is 65.9. The minimum Gasteiger partial charge on any atom is -0.309 e. The molecule has 13 aromatic rings. The van der Waals surface area contributed by atoms with Crippen LogP contribution in [0.15, 0.2) is 200 Å². The van der Waals surface area contributed by atoms with E-state index in [1.807, 2.05) is 12.1 Å². The summed E-state index contributed by atoms with van der Waals surface area (Å²) in [5.41, 5.74) is 19.2. The molecule has 0 radical (unpaired) electrons. The fourth-order valence-electron chi connectivity index (χ4n) is 13.3. The Labute approximate surface area is 495 Å². The van der Waals surface area contributed by atoms with Gasteiger partial charge in [0.2, 0.25) is 0 Å². The number of benzene rings is 11. The van der Waals surface area contributed by atoms with E-state index in [0.29, 0.717) is 28.6 Å². The van der Waals surface area contributed by atoms with Crippen LogP contribution in [-0.2, 0) is 12.4 Å². The molecule has 11 aromatic carbocycles. The molecule has 2 aromatic heterocycles. The van der Waals surface area contributed by atoms with Gasteiger partial charge in [-0.25, -0.2) is 0 Å². The molecule has 0 fully saturated rings. The van der Waals surface area contributed by atoms with Gasteiger partial charge in [-0.1, -0.05) is 160 Å². The second-order valence-corrected chi connectivity index (χ2v) is 23.4. The summed E-state index contributed by atoms with van der Waals surface area (Å²) in [5.74, 6) is 0. The molecule has 86 heavy (non-hydrogen) atoms. The number of aromatic nitrogens is 2. The molecule has 0 amide bonds. The summed E-state index contributed by atoms with van der Waals surface area (Å²) in [6.07, 6.45) is -10.2. The average molecular weight is 1140 g/mol. The number of alkyl halides is 6. The van der Waals surface area contributed by atoms with Crippen molar-refractivity contribution in [3.63, 3.8) is 0 Å². The van der Waals surface area contributed by atoms with Crippen molar-refractivity contribution >= 4 is 43.6 Å². The molecule has 0 N–H and O–H groups in total. The molecule has 13 rings (SSSR count). The first-order valence-electron chi connectivity index (χ1n) is 28.5. The molecule has 0 aliphatic heterocycles. The second-order valence-electron chi connectivity index (χ2n) is 23.4. The first kappa shape index (κ1) is 55.3. The summed E-state index contributed by atoms with van der Waals surface area (Å²) in [6.45, 7) is 16.6. The van der Waals surface area contributed by atoms with Crippen LogP contribution in [-0.4, -0.2) is 9.13 Å². The van der Waals surface area contributed by atoms with E-state index in [0.717, 1.165) is 139 Å². The smallest absolute Gasteiger partial charge is 0.309 e. The third-order valence-corrected chi connectivity index (χ3v) is 16.6. The zero-order valence-corrected chi connectivity index (χ0v) is 48.7. The van der Waals surface area contributed by atoms with E-state index in [2.05, 4.69) is 216 Å². The fraction of sp³-hybridized carbons (Fsp3) is 0.130. The van der Waals surface area contributed by atoms with E-state index in [9.17, 15) is 18.4 Å². The van der Waals surface area contributed by atoms with Crippen molar-refractivity contribution in [1.29, 1.82) is 5.26 Å². The zero-order valence-electron chi connectivity index (χ0n) is 48.7. The van der Waals surface area contributed by atoms with Gasteiger partial charge in [0.25, 0.3) is 0 Å². The van der Waals surface area contributed by atoms with Crippen LogP contribution in [0.5, 0.6) is 0 Å². The maximum Gasteiger partial charge on any atom is 0.417 e. The van der Waals surface area contributed by atoms with Crippen LogP contribution in [0.2, 0.25) is 0 Å². The van der Waals surface area contributed by atoms with Gasteiger partial charge in [-0.05, 0) is 196 Å². The summed E-state index contributed by atoms with van der Waals surface area (Å²) in [4.78, 5) is 0. The van der Waals surface area contributed by atoms with Crippen LogP contribution in [0.4, 0.5) is 26.3 Å². The first-order valence-corrected chi connectivity index (χ1v) is 28.5. The number of nitrogens with zero attached hydrogens (tertiary/aromatic N) is 3. The van der Waals surface area contributed by atoms with E-state index in [-0.39, 0.29) is 17.2 Å². The molecular formula is C77H57F6N3. The largest absolute Gasteiger partial charge is 0.417 e. The van der Waals surface area contributed by atoms with Crippen LogP contribution in [0, 0.1) is 66.7 Å². The monoisotopic (exact) mass is 1140 g/mol. The molecule has 422 valence electrons. The van der Waals surface area contributed by atoms with Gasteiger partial charge >= 0.3 is 12.4 Å². The SMILES string of the molecule is Cc1cc(C)cc(-c2ccc3c(c2)c2cc(-c4cc(C)cc(C)c4)ccc2n3-c2ccc(-c3ccc(C(F)(F)F)cc3C(F)(F)F)cc2-c2c(C#N)cccc2-n2c3ccc(-c4cc(C)cc(C)c4)cc3c3cc(-c4cc(C)cc(C)c4)ccc32)c1. The predicted molar refractivity (Wildman–Crippen MR) is 340 cm³/mol. The lowest BCUT2D eigenvalue weighted by Crippen LogP contribution is -2.12. The average Bonchev–Trinajstić information content (AvgIpc) is 1.58. The van der Waals surface area contributed by atoms with Crippen molar-refractivity contribution in [2.75, 3.05) is 0 Å². The molecule has 0 saturated carbocycles. The van der Waals surface area contributed by atoms with Gasteiger partial charge < -0.3 is 9.13 Å². The minimum atomic E-state index is -5.17. The first-order chi connectivity index (χ1) is 41.1. The highest BCUT2D eigenvalue weighted by molar-refractivity contribution is 6.14. The predicted octanol–water partition coefficient (Wildman–Crippen LogP) is 22.3. The molecule has 3 nitrogen and oxygen atoms in total. The van der Waals surface area contributed by atoms with E-state index < -0.39 is 29.0 Å². The highest BCUT2D eigenvalue weighted by atomic mass is 19.4. The summed E-state index contributed by atoms with van der Waals surface area (Å²) < 4.78 is 93.3. The Morgan fingerprint density at radius 2 is 0.674 bits per heavy atom. The number of hydrogen-bond donors (Lipinski definition) is 0. The Balaban J connectivity index is 1.14. The van der Waals surface area contributed by atoms with Crippen LogP contribution in [0.25, 0.3) is 122 Å². The minimum absolute atomic E-state index is 0.0110. The van der Waals surface area contributed by atoms with Crippen molar-refractivity contribution < 1.29 is 26.3 Å². The standard InChI is InChI=1S/C77H57F6N3/c1-43-24-44(2)29-57(28-43)51-12-19-69-63(36-51)64-37-52(58-30-45(3)25-46(4)31-58)13-20-70(64)85(69)73-23-16-55(62-18-17-61(76(78,79)80)41-68(62)77(81,82)83)40-67(73)75-56(42-84)10-9-11-74(75)86-71-21-14-53(59-32-47(5)26-48(6)33-59)38-65(71)66-39-54(15-22-72(66)86)60-34-49(7)27-50(8)35-60/h9-41H,1-8H3. The number of fused-ring (bicyclic) bond motifs is 6. The topological polar surface area (TPSA) is 33.6 Å². The molecule has 9 heteroatoms. The number of nitriles is 1. The number of aryl methyl sites for hydroxylation is 8. The second kappa shape index (κ2) is 20.7. The highest BCUT2D eigenvalue weighted by Crippen LogP contribution is 2.48. The molecule has 0 aliphatic rings. The summed E-state index contributed by atoms with van der Waals surface area (Å²) >= 11 is 0. The van der Waals surface area contributed by atoms with Gasteiger partial charge in [0.1, 0.15) is 0 Å². The van der Waals surface area contributed by atoms with E-state index in [1.165, 1.54) is 0 Å². The lowest BCUT2D eigenvalue weighted by Gasteiger charge is -2.22. The van der Waals surface area contributed by atoms with Gasteiger partial charge in [-0.3, -0.25) is 0 Å². The Hall–Kier alpha value is -9.91. The van der Waals surface area contributed by atoms with Crippen molar-refractivity contribution in [3.8, 4) is 84.2 Å². The molecule has 0 saturated heterocycles. The van der Waals surface area contributed by atoms with Gasteiger partial charge in [-0.15, -0.1) is 0 Å². The van der Waals surface area contributed by atoms with Crippen LogP contribution >= 0.6 is 0 Å². The fourth-order valence-corrected chi connectivity index (χ4v) is 13.3. The van der Waals surface area contributed by atoms with Gasteiger partial charge in [0.15, 0.2) is 0 Å². The maximum absolute atomic E-state index is 15.4. The highest BCUT2D eigenvalue weighted by Gasteiger charge is 2.39. The number of rotatable bonds is 8. The molecule has 0 spiro atoms. The van der Waals surface area contributed by atoms with Crippen molar-refractivity contribution in [2.24, 2.45) is 0 Å². The summed E-state index contributed by atoms with van der Waals surface area (Å²) in [5, 5.41) is 15.2. The van der Waals surface area contributed by atoms with Crippen LogP contribution < -0.4 is 0 Å². The van der Waals surface area contributed by atoms with Gasteiger partial charge in [0.05, 0.1) is 56.2 Å². The number of halogens is 6. The Morgan fingerprint density at radius 1 is 0.314 bits per heavy atom. The van der Waals surface area contributed by atoms with Crippen LogP contribution in [0.3, 0.4) is 0 Å². The molecule has 0 aliphatic carbocycles. The van der Waals surface area contributed by atoms with Gasteiger partial charge in [-0.2, -0.15) is 31.6 Å². The molecule has 0 atom stereocenters. The van der Waals surface area contributed by atoms with E-state index in [4.69, 9.17) is 0 Å². The van der Waals surface area contributed by atoms with Crippen LogP contribution in [0.1, 0.15) is 61.2 Å². The normalized spacial score (nSPS) is 12.1. The van der Waals surface area contributed by atoms with Gasteiger partial charge in [0, 0.05) is 32.7 Å². The number of hydrogen-bond acceptors (Lipinski definition) is 1. The van der Waals surface area contributed by atoms with Crippen molar-refractivity contribution in [2.45, 2.75) is 67.7 Å². The quantitative estimate of drug-likeness (QED) is 0.140. The molecule has 0 unspecified atom stereocenters. The Kier molecular flexibility index (Phi) is 13.3. The molecular weight excluding hydrogens is 1080 g/mol. The maximum atomic E-state index is 15.4. The lowest BCUT2D eigenvalue weighted by molar-refractivity contribution is -0.142. The van der Waals surface area contributed by atoms with Crippen molar-refractivity contribution in [3.05, 3.63) is 261 Å². The van der Waals surface area contributed by atoms with E-state index >= 15 is 13.2 Å². The zero-order chi connectivity index (χ0) is 60.2. The third-order valence-electron chi connectivity index (χ3n) is 16.6.